The van der Waals surface area contributed by atoms with Crippen molar-refractivity contribution in [2.45, 2.75) is 75.2 Å². The van der Waals surface area contributed by atoms with Crippen LogP contribution in [-0.2, 0) is 14.3 Å². The quantitative estimate of drug-likeness (QED) is 0.369. The van der Waals surface area contributed by atoms with E-state index in [0.29, 0.717) is 49.3 Å². The number of aromatic nitrogens is 4. The first kappa shape index (κ1) is 28.6. The van der Waals surface area contributed by atoms with E-state index in [1.165, 1.54) is 42.2 Å². The third-order valence-electron chi connectivity index (χ3n) is 10.5. The lowest BCUT2D eigenvalue weighted by atomic mass is 9.69. The largest absolute Gasteiger partial charge is 0.480 e. The molecule has 3 atom stereocenters. The van der Waals surface area contributed by atoms with Gasteiger partial charge in [-0.05, 0) is 67.7 Å². The van der Waals surface area contributed by atoms with E-state index in [0.717, 1.165) is 5.69 Å². The number of rotatable bonds is 8. The van der Waals surface area contributed by atoms with Crippen LogP contribution in [0.2, 0.25) is 0 Å². The number of carbonyl (C=O) groups is 1. The number of hydrogen-bond donors (Lipinski definition) is 2. The minimum absolute atomic E-state index is 0.0163. The van der Waals surface area contributed by atoms with Crippen LogP contribution in [0, 0.1) is 5.41 Å². The zero-order valence-electron chi connectivity index (χ0n) is 25.0. The van der Waals surface area contributed by atoms with Crippen LogP contribution >= 0.6 is 0 Å². The van der Waals surface area contributed by atoms with Gasteiger partial charge in [0.15, 0.2) is 5.82 Å². The number of morpholine rings is 1. The fraction of sp³-hybridized carbons (Fsp3) is 0.562. The molecule has 3 aliphatic heterocycles. The first-order valence-electron chi connectivity index (χ1n) is 15.7. The van der Waals surface area contributed by atoms with Gasteiger partial charge in [-0.25, -0.2) is 28.5 Å². The van der Waals surface area contributed by atoms with Crippen molar-refractivity contribution >= 4 is 17.5 Å². The second-order valence-corrected chi connectivity index (χ2v) is 13.3. The summed E-state index contributed by atoms with van der Waals surface area (Å²) in [5.74, 6) is -0.735. The molecular formula is C32H36F2N6O5. The number of alkyl halides is 2. The van der Waals surface area contributed by atoms with Crippen molar-refractivity contribution in [3.05, 3.63) is 48.0 Å². The first-order chi connectivity index (χ1) is 21.7. The summed E-state index contributed by atoms with van der Waals surface area (Å²) in [7, 11) is 0. The molecule has 3 aromatic rings. The smallest absolute Gasteiger partial charge is 0.326 e. The van der Waals surface area contributed by atoms with Crippen molar-refractivity contribution in [3.8, 4) is 17.3 Å². The molecule has 0 aromatic carbocycles. The predicted octanol–water partition coefficient (Wildman–Crippen LogP) is 4.57. The Balaban J connectivity index is 1.10. The fourth-order valence-electron chi connectivity index (χ4n) is 7.54. The number of H-pyrrole nitrogens is 1. The number of pyridine rings is 1. The lowest BCUT2D eigenvalue weighted by Gasteiger charge is -2.53. The zero-order valence-corrected chi connectivity index (χ0v) is 25.0. The Kier molecular flexibility index (Phi) is 6.75. The molecule has 3 aromatic heterocycles. The number of aliphatic carboxylic acids is 1. The Morgan fingerprint density at radius 3 is 2.69 bits per heavy atom. The van der Waals surface area contributed by atoms with Crippen molar-refractivity contribution in [2.24, 2.45) is 5.41 Å². The highest BCUT2D eigenvalue weighted by Gasteiger charge is 2.54. The number of ether oxygens (including phenoxy) is 3. The summed E-state index contributed by atoms with van der Waals surface area (Å²) in [6.45, 7) is 4.53. The molecule has 0 bridgehead atoms. The van der Waals surface area contributed by atoms with Crippen molar-refractivity contribution < 1.29 is 32.9 Å². The maximum Gasteiger partial charge on any atom is 0.326 e. The molecule has 3 saturated heterocycles. The Hall–Kier alpha value is -3.84. The molecular weight excluding hydrogens is 586 g/mol. The summed E-state index contributed by atoms with van der Waals surface area (Å²) in [6, 6.07) is 6.16. The van der Waals surface area contributed by atoms with Gasteiger partial charge < -0.3 is 34.1 Å². The standard InChI is InChI=1S/C32H36F2N6O5/c1-18-32(16-43-17-32)44-8-7-39(18)24-9-19(20-12-31(13-20)4-5-31)14-36-29(24)45-21-10-25(30(41)42)40(15-21)26-11-23(22-3-2-6-35-22)37-28(38-26)27(33)34/h2-3,6,9,11,14,18,20-21,25,27,35H,4-5,7-8,10,12-13,15-17H2,1H3,(H,41,42)/t18-,21-,25-/m0/s1. The van der Waals surface area contributed by atoms with Gasteiger partial charge >= 0.3 is 5.97 Å². The highest BCUT2D eigenvalue weighted by atomic mass is 19.3. The summed E-state index contributed by atoms with van der Waals surface area (Å²) in [5, 5.41) is 10.2. The number of hydrogen-bond acceptors (Lipinski definition) is 9. The molecule has 6 heterocycles. The minimum Gasteiger partial charge on any atom is -0.480 e. The van der Waals surface area contributed by atoms with Gasteiger partial charge in [0.05, 0.1) is 43.8 Å². The van der Waals surface area contributed by atoms with Crippen LogP contribution in [0.3, 0.4) is 0 Å². The summed E-state index contributed by atoms with van der Waals surface area (Å²) in [4.78, 5) is 32.2. The Morgan fingerprint density at radius 1 is 1.20 bits per heavy atom. The van der Waals surface area contributed by atoms with E-state index in [1.807, 2.05) is 6.20 Å². The van der Waals surface area contributed by atoms with Crippen molar-refractivity contribution in [1.82, 2.24) is 19.9 Å². The average molecular weight is 623 g/mol. The minimum atomic E-state index is -2.92. The number of halogens is 2. The number of carboxylic acid groups (broad SMARTS) is 1. The van der Waals surface area contributed by atoms with E-state index >= 15 is 0 Å². The maximum absolute atomic E-state index is 13.9. The lowest BCUT2D eigenvalue weighted by molar-refractivity contribution is -0.228. The molecule has 0 unspecified atom stereocenters. The highest BCUT2D eigenvalue weighted by Crippen LogP contribution is 2.66. The maximum atomic E-state index is 13.9. The molecule has 13 heteroatoms. The molecule has 8 rings (SSSR count). The van der Waals surface area contributed by atoms with Gasteiger partial charge in [0.25, 0.3) is 6.43 Å². The number of anilines is 2. The number of nitrogens with zero attached hydrogens (tertiary/aromatic N) is 5. The molecule has 0 radical (unpaired) electrons. The summed E-state index contributed by atoms with van der Waals surface area (Å²) in [5.41, 5.74) is 3.01. The van der Waals surface area contributed by atoms with Crippen LogP contribution in [0.1, 0.15) is 62.8 Å². The Bertz CT molecular complexity index is 1590. The molecule has 2 N–H and O–H groups in total. The molecule has 2 saturated carbocycles. The molecule has 11 nitrogen and oxygen atoms in total. The van der Waals surface area contributed by atoms with Crippen LogP contribution in [0.15, 0.2) is 36.7 Å². The summed E-state index contributed by atoms with van der Waals surface area (Å²) >= 11 is 0. The van der Waals surface area contributed by atoms with Gasteiger partial charge in [-0.15, -0.1) is 0 Å². The normalized spacial score (nSPS) is 26.7. The van der Waals surface area contributed by atoms with Crippen molar-refractivity contribution in [2.75, 3.05) is 42.7 Å². The lowest BCUT2D eigenvalue weighted by Crippen LogP contribution is -2.68. The van der Waals surface area contributed by atoms with Crippen LogP contribution in [0.5, 0.6) is 5.88 Å². The van der Waals surface area contributed by atoms with E-state index in [9.17, 15) is 18.7 Å². The van der Waals surface area contributed by atoms with Gasteiger partial charge in [0.2, 0.25) is 5.88 Å². The average Bonchev–Trinajstić information content (AvgIpc) is 3.39. The third kappa shape index (κ3) is 5.00. The van der Waals surface area contributed by atoms with E-state index in [-0.39, 0.29) is 36.1 Å². The van der Waals surface area contributed by atoms with Gasteiger partial charge in [0, 0.05) is 31.4 Å². The molecule has 2 aliphatic carbocycles. The van der Waals surface area contributed by atoms with E-state index in [2.05, 4.69) is 32.8 Å². The number of carboxylic acids is 1. The Morgan fingerprint density at radius 2 is 2.02 bits per heavy atom. The molecule has 238 valence electrons. The van der Waals surface area contributed by atoms with Gasteiger partial charge in [-0.2, -0.15) is 0 Å². The van der Waals surface area contributed by atoms with Crippen LogP contribution in [0.25, 0.3) is 11.4 Å². The van der Waals surface area contributed by atoms with Crippen molar-refractivity contribution in [1.29, 1.82) is 0 Å². The molecule has 0 amide bonds. The molecule has 5 aliphatic rings. The van der Waals surface area contributed by atoms with Crippen LogP contribution in [0.4, 0.5) is 20.3 Å². The first-order valence-corrected chi connectivity index (χ1v) is 15.7. The van der Waals surface area contributed by atoms with Gasteiger partial charge in [-0.1, -0.05) is 0 Å². The van der Waals surface area contributed by atoms with Gasteiger partial charge in [-0.3, -0.25) is 0 Å². The topological polar surface area (TPSA) is 126 Å². The molecule has 5 fully saturated rings. The predicted molar refractivity (Wildman–Crippen MR) is 159 cm³/mol. The Labute approximate surface area is 258 Å². The summed E-state index contributed by atoms with van der Waals surface area (Å²) in [6.07, 6.45) is 5.20. The van der Waals surface area contributed by atoms with E-state index in [1.54, 1.807) is 18.3 Å². The number of aromatic amines is 1. The second kappa shape index (κ2) is 10.6. The van der Waals surface area contributed by atoms with E-state index in [4.69, 9.17) is 19.2 Å². The summed E-state index contributed by atoms with van der Waals surface area (Å²) < 4.78 is 46.0. The van der Waals surface area contributed by atoms with Crippen LogP contribution < -0.4 is 14.5 Å². The van der Waals surface area contributed by atoms with Crippen molar-refractivity contribution in [3.63, 3.8) is 0 Å². The third-order valence-corrected chi connectivity index (χ3v) is 10.5. The SMILES string of the molecule is C[C@@H]1N(c2cc(C3CC4(CC4)C3)cnc2O[C@H]2C[C@@H](C(=O)O)N(c3cc(-c4ccc[nH]4)nc(C(F)F)n3)C2)CCOC12COC2. The van der Waals surface area contributed by atoms with Gasteiger partial charge in [0.1, 0.15) is 29.3 Å². The zero-order chi connectivity index (χ0) is 30.9. The van der Waals surface area contributed by atoms with E-state index < -0.39 is 30.4 Å². The molecule has 45 heavy (non-hydrogen) atoms. The monoisotopic (exact) mass is 622 g/mol. The fourth-order valence-corrected chi connectivity index (χ4v) is 7.54. The number of nitrogens with one attached hydrogen (secondary N) is 1. The van der Waals surface area contributed by atoms with Crippen LogP contribution in [-0.4, -0.2) is 87.7 Å². The highest BCUT2D eigenvalue weighted by molar-refractivity contribution is 5.79. The second-order valence-electron chi connectivity index (χ2n) is 13.3. The molecule has 2 spiro atoms.